The summed E-state index contributed by atoms with van der Waals surface area (Å²) in [6, 6.07) is 12.0. The number of hydrogen-bond donors (Lipinski definition) is 6. The summed E-state index contributed by atoms with van der Waals surface area (Å²) in [7, 11) is 3.10. The van der Waals surface area contributed by atoms with Crippen molar-refractivity contribution in [3.8, 4) is 11.5 Å². The Bertz CT molecular complexity index is 1270. The van der Waals surface area contributed by atoms with Crippen LogP contribution in [0.25, 0.3) is 6.08 Å². The highest BCUT2D eigenvalue weighted by Gasteiger charge is 2.49. The number of phenols is 1. The molecule has 1 heterocycles. The first-order valence-electron chi connectivity index (χ1n) is 14.5. The van der Waals surface area contributed by atoms with E-state index in [2.05, 4.69) is 5.32 Å². The molecule has 3 rings (SSSR count). The van der Waals surface area contributed by atoms with Crippen LogP contribution in [0.3, 0.4) is 0 Å². The van der Waals surface area contributed by atoms with Crippen LogP contribution < -0.4 is 10.1 Å². The Hall–Kier alpha value is -3.52. The highest BCUT2D eigenvalue weighted by Crippen LogP contribution is 2.33. The lowest BCUT2D eigenvalue weighted by Crippen LogP contribution is -2.60. The Morgan fingerprint density at radius 3 is 2.50 bits per heavy atom. The van der Waals surface area contributed by atoms with Crippen LogP contribution in [0.15, 0.2) is 48.0 Å². The van der Waals surface area contributed by atoms with Gasteiger partial charge in [0.2, 0.25) is 0 Å². The van der Waals surface area contributed by atoms with E-state index in [4.69, 9.17) is 18.9 Å². The second kappa shape index (κ2) is 17.1. The molecule has 6 N–H and O–H groups in total. The molecule has 1 aliphatic heterocycles. The first-order valence-corrected chi connectivity index (χ1v) is 14.5. The van der Waals surface area contributed by atoms with Gasteiger partial charge in [-0.2, -0.15) is 0 Å². The molecule has 44 heavy (non-hydrogen) atoms. The summed E-state index contributed by atoms with van der Waals surface area (Å²) in [6.45, 7) is 1.38. The van der Waals surface area contributed by atoms with Gasteiger partial charge in [-0.3, -0.25) is 4.79 Å². The van der Waals surface area contributed by atoms with Crippen molar-refractivity contribution in [2.75, 3.05) is 33.9 Å². The van der Waals surface area contributed by atoms with Gasteiger partial charge in [-0.15, -0.1) is 0 Å². The van der Waals surface area contributed by atoms with Gasteiger partial charge in [0.05, 0.1) is 13.2 Å². The lowest BCUT2D eigenvalue weighted by molar-refractivity contribution is -0.289. The summed E-state index contributed by atoms with van der Waals surface area (Å²) in [6.07, 6.45) is -4.29. The molecule has 2 aromatic carbocycles. The van der Waals surface area contributed by atoms with Crippen molar-refractivity contribution in [2.45, 2.75) is 69.2 Å². The van der Waals surface area contributed by atoms with Gasteiger partial charge in [-0.25, -0.2) is 4.79 Å². The van der Waals surface area contributed by atoms with Crippen LogP contribution in [0.4, 0.5) is 0 Å². The molecule has 0 aromatic heterocycles. The standard InChI is InChI=1S/C32H43NO11/c1-19(36)42-29-28(38)26(9-12-33-2)43-32(40)30(29)44-31(39)24(16-21-7-8-25(37)27(17-21)41-3)18-23(11-14-35)22-6-4-5-20(15-22)10-13-34/h4-8,15-17,23,26,28-30,32-35,37-38,40H,9-14,18H2,1-3H3. The minimum Gasteiger partial charge on any atom is -0.504 e. The van der Waals surface area contributed by atoms with Crippen LogP contribution in [0.2, 0.25) is 0 Å². The molecule has 12 heteroatoms. The Kier molecular flexibility index (Phi) is 13.6. The minimum atomic E-state index is -1.70. The molecule has 0 spiro atoms. The van der Waals surface area contributed by atoms with Crippen molar-refractivity contribution in [1.82, 2.24) is 5.32 Å². The molecule has 6 atom stereocenters. The maximum Gasteiger partial charge on any atom is 0.334 e. The third-order valence-corrected chi connectivity index (χ3v) is 7.43. The van der Waals surface area contributed by atoms with E-state index in [1.807, 2.05) is 24.3 Å². The number of carbonyl (C=O) groups is 2. The molecule has 0 aliphatic carbocycles. The number of aromatic hydroxyl groups is 1. The number of aliphatic hydroxyl groups excluding tert-OH is 4. The maximum absolute atomic E-state index is 13.8. The second-order valence-electron chi connectivity index (χ2n) is 10.6. The van der Waals surface area contributed by atoms with E-state index in [1.165, 1.54) is 25.3 Å². The van der Waals surface area contributed by atoms with E-state index in [9.17, 15) is 35.1 Å². The van der Waals surface area contributed by atoms with E-state index in [-0.39, 0.29) is 42.6 Å². The molecule has 1 saturated heterocycles. The van der Waals surface area contributed by atoms with Gasteiger partial charge < -0.3 is 49.8 Å². The number of aliphatic hydroxyl groups is 4. The largest absolute Gasteiger partial charge is 0.504 e. The van der Waals surface area contributed by atoms with Gasteiger partial charge in [0, 0.05) is 25.7 Å². The normalized spacial score (nSPS) is 22.7. The fourth-order valence-corrected chi connectivity index (χ4v) is 5.21. The van der Waals surface area contributed by atoms with Gasteiger partial charge in [-0.05, 0) is 80.1 Å². The second-order valence-corrected chi connectivity index (χ2v) is 10.6. The Morgan fingerprint density at radius 2 is 1.84 bits per heavy atom. The number of ether oxygens (including phenoxy) is 4. The van der Waals surface area contributed by atoms with Crippen molar-refractivity contribution in [3.05, 3.63) is 64.7 Å². The average molecular weight is 618 g/mol. The number of methoxy groups -OCH3 is 1. The summed E-state index contributed by atoms with van der Waals surface area (Å²) < 4.78 is 21.8. The number of rotatable bonds is 15. The molecular formula is C32H43NO11. The van der Waals surface area contributed by atoms with Gasteiger partial charge in [0.1, 0.15) is 6.10 Å². The maximum atomic E-state index is 13.8. The van der Waals surface area contributed by atoms with Crippen LogP contribution in [-0.2, 0) is 30.2 Å². The summed E-state index contributed by atoms with van der Waals surface area (Å²) in [5.41, 5.74) is 2.34. The quantitative estimate of drug-likeness (QED) is 0.125. The topological polar surface area (TPSA) is 184 Å². The van der Waals surface area contributed by atoms with Crippen LogP contribution in [0.5, 0.6) is 11.5 Å². The average Bonchev–Trinajstić information content (AvgIpc) is 3.00. The highest BCUT2D eigenvalue weighted by molar-refractivity contribution is 5.94. The Labute approximate surface area is 256 Å². The minimum absolute atomic E-state index is 0.0365. The summed E-state index contributed by atoms with van der Waals surface area (Å²) in [4.78, 5) is 25.8. The van der Waals surface area contributed by atoms with Gasteiger partial charge in [0.25, 0.3) is 0 Å². The van der Waals surface area contributed by atoms with E-state index in [1.54, 1.807) is 13.1 Å². The van der Waals surface area contributed by atoms with Crippen LogP contribution >= 0.6 is 0 Å². The first kappa shape index (κ1) is 35.0. The van der Waals surface area contributed by atoms with Gasteiger partial charge in [-0.1, -0.05) is 30.3 Å². The van der Waals surface area contributed by atoms with Gasteiger partial charge >= 0.3 is 11.9 Å². The molecule has 1 fully saturated rings. The molecule has 1 aliphatic rings. The van der Waals surface area contributed by atoms with E-state index in [0.29, 0.717) is 31.4 Å². The monoisotopic (exact) mass is 617 g/mol. The Morgan fingerprint density at radius 1 is 1.07 bits per heavy atom. The molecule has 6 unspecified atom stereocenters. The number of hydrogen-bond acceptors (Lipinski definition) is 12. The fraction of sp³-hybridized carbons (Fsp3) is 0.500. The SMILES string of the molecule is CNCCC1OC(O)C(OC(=O)C(=Cc2ccc(O)c(OC)c2)CC(CCO)c2cccc(CCO)c2)C(OC(C)=O)C1O. The van der Waals surface area contributed by atoms with Crippen molar-refractivity contribution >= 4 is 18.0 Å². The zero-order valence-corrected chi connectivity index (χ0v) is 25.2. The van der Waals surface area contributed by atoms with E-state index < -0.39 is 42.6 Å². The van der Waals surface area contributed by atoms with Gasteiger partial charge in [0.15, 0.2) is 30.0 Å². The first-order chi connectivity index (χ1) is 21.1. The molecule has 0 radical (unpaired) electrons. The molecule has 12 nitrogen and oxygen atoms in total. The smallest absolute Gasteiger partial charge is 0.334 e. The van der Waals surface area contributed by atoms with Crippen molar-refractivity contribution in [3.63, 3.8) is 0 Å². The summed E-state index contributed by atoms with van der Waals surface area (Å²) >= 11 is 0. The number of esters is 2. The summed E-state index contributed by atoms with van der Waals surface area (Å²) in [5, 5.41) is 54.1. The lowest BCUT2D eigenvalue weighted by atomic mass is 9.87. The Balaban J connectivity index is 2.00. The highest BCUT2D eigenvalue weighted by atomic mass is 16.7. The molecule has 0 saturated carbocycles. The van der Waals surface area contributed by atoms with Crippen molar-refractivity contribution in [1.29, 1.82) is 0 Å². The number of benzene rings is 2. The van der Waals surface area contributed by atoms with Crippen LogP contribution in [-0.4, -0.2) is 102 Å². The predicted molar refractivity (Wildman–Crippen MR) is 160 cm³/mol. The van der Waals surface area contributed by atoms with E-state index in [0.717, 1.165) is 18.1 Å². The van der Waals surface area contributed by atoms with Crippen molar-refractivity contribution < 1.29 is 54.1 Å². The summed E-state index contributed by atoms with van der Waals surface area (Å²) in [5.74, 6) is -1.89. The molecule has 2 aromatic rings. The third-order valence-electron chi connectivity index (χ3n) is 7.43. The number of phenolic OH excluding ortho intramolecular Hbond substituents is 1. The molecular weight excluding hydrogens is 574 g/mol. The zero-order chi connectivity index (χ0) is 32.2. The van der Waals surface area contributed by atoms with Crippen molar-refractivity contribution in [2.24, 2.45) is 0 Å². The van der Waals surface area contributed by atoms with E-state index >= 15 is 0 Å². The number of carbonyl (C=O) groups excluding carboxylic acids is 2. The van der Waals surface area contributed by atoms with Crippen LogP contribution in [0, 0.1) is 0 Å². The zero-order valence-electron chi connectivity index (χ0n) is 25.2. The molecule has 0 bridgehead atoms. The lowest BCUT2D eigenvalue weighted by Gasteiger charge is -2.41. The fourth-order valence-electron chi connectivity index (χ4n) is 5.21. The number of nitrogens with one attached hydrogen (secondary N) is 1. The predicted octanol–water partition coefficient (Wildman–Crippen LogP) is 1.41. The molecule has 242 valence electrons. The third kappa shape index (κ3) is 9.49. The molecule has 0 amide bonds. The van der Waals surface area contributed by atoms with Crippen LogP contribution in [0.1, 0.15) is 48.8 Å².